The van der Waals surface area contributed by atoms with Crippen LogP contribution in [0.3, 0.4) is 0 Å². The van der Waals surface area contributed by atoms with E-state index in [1.165, 1.54) is 81.5 Å². The molecule has 0 saturated heterocycles. The molecule has 1 heterocycles. The van der Waals surface area contributed by atoms with Gasteiger partial charge in [-0.2, -0.15) is 0 Å². The monoisotopic (exact) mass is 677 g/mol. The lowest BCUT2D eigenvalue weighted by Gasteiger charge is -2.36. The highest BCUT2D eigenvalue weighted by Crippen LogP contribution is 2.60. The molecule has 0 amide bonds. The fourth-order valence-electron chi connectivity index (χ4n) is 9.09. The highest BCUT2D eigenvalue weighted by Gasteiger charge is 2.48. The molecule has 0 fully saturated rings. The Morgan fingerprint density at radius 2 is 1.02 bits per heavy atom. The second kappa shape index (κ2) is 11.3. The summed E-state index contributed by atoms with van der Waals surface area (Å²) in [5, 5.41) is 8.61. The molecule has 0 radical (unpaired) electrons. The lowest BCUT2D eigenvalue weighted by Crippen LogP contribution is -2.29. The van der Waals surface area contributed by atoms with Crippen LogP contribution in [0.2, 0.25) is 0 Å². The molecule has 1 unspecified atom stereocenters. The van der Waals surface area contributed by atoms with Gasteiger partial charge in [-0.15, -0.1) is 11.3 Å². The van der Waals surface area contributed by atoms with Crippen LogP contribution in [0.15, 0.2) is 188 Å². The predicted octanol–water partition coefficient (Wildman–Crippen LogP) is 13.5. The molecule has 52 heavy (non-hydrogen) atoms. The molecule has 0 aliphatic heterocycles. The zero-order valence-electron chi connectivity index (χ0n) is 28.3. The summed E-state index contributed by atoms with van der Waals surface area (Å²) in [5.41, 5.74) is 11.9. The van der Waals surface area contributed by atoms with E-state index < -0.39 is 5.41 Å². The predicted molar refractivity (Wildman–Crippen MR) is 220 cm³/mol. The summed E-state index contributed by atoms with van der Waals surface area (Å²) in [6.45, 7) is 0. The minimum atomic E-state index is -0.601. The van der Waals surface area contributed by atoms with Gasteiger partial charge in [-0.3, -0.25) is 0 Å². The summed E-state index contributed by atoms with van der Waals surface area (Å²) in [4.78, 5) is 5.14. The molecule has 9 aromatic carbocycles. The number of aromatic nitrogens is 1. The van der Waals surface area contributed by atoms with E-state index in [0.29, 0.717) is 0 Å². The Balaban J connectivity index is 1.32. The zero-order chi connectivity index (χ0) is 34.2. The lowest BCUT2D eigenvalue weighted by atomic mass is 9.64. The van der Waals surface area contributed by atoms with E-state index in [-0.39, 0.29) is 0 Å². The molecule has 1 aliphatic rings. The van der Waals surface area contributed by atoms with Crippen LogP contribution < -0.4 is 0 Å². The van der Waals surface area contributed by atoms with E-state index in [2.05, 4.69) is 188 Å². The smallest absolute Gasteiger partial charge is 0.124 e. The number of hydrogen-bond acceptors (Lipinski definition) is 2. The average Bonchev–Trinajstić information content (AvgIpc) is 3.78. The van der Waals surface area contributed by atoms with Crippen molar-refractivity contribution in [1.29, 1.82) is 0 Å². The third-order valence-electron chi connectivity index (χ3n) is 11.2. The van der Waals surface area contributed by atoms with Crippen LogP contribution in [0.5, 0.6) is 0 Å². The molecule has 0 bridgehead atoms. The minimum Gasteiger partial charge on any atom is -0.236 e. The van der Waals surface area contributed by atoms with Crippen LogP contribution in [0.25, 0.3) is 75.4 Å². The Bertz CT molecular complexity index is 2930. The van der Waals surface area contributed by atoms with Crippen molar-refractivity contribution in [2.75, 3.05) is 0 Å². The fourth-order valence-corrected chi connectivity index (χ4v) is 10.0. The van der Waals surface area contributed by atoms with Crippen molar-refractivity contribution in [2.24, 2.45) is 0 Å². The van der Waals surface area contributed by atoms with Crippen molar-refractivity contribution < 1.29 is 0 Å². The van der Waals surface area contributed by atoms with Crippen molar-refractivity contribution in [3.05, 3.63) is 210 Å². The van der Waals surface area contributed by atoms with Gasteiger partial charge >= 0.3 is 0 Å². The van der Waals surface area contributed by atoms with Crippen LogP contribution in [0, 0.1) is 0 Å². The van der Waals surface area contributed by atoms with Gasteiger partial charge in [0, 0.05) is 5.56 Å². The first-order chi connectivity index (χ1) is 25.8. The van der Waals surface area contributed by atoms with Crippen LogP contribution in [-0.2, 0) is 5.41 Å². The fraction of sp³-hybridized carbons (Fsp3) is 0.0200. The zero-order valence-corrected chi connectivity index (χ0v) is 29.1. The summed E-state index contributed by atoms with van der Waals surface area (Å²) in [7, 11) is 0. The Hall–Kier alpha value is -6.35. The van der Waals surface area contributed by atoms with E-state index in [1.807, 2.05) is 0 Å². The second-order valence-electron chi connectivity index (χ2n) is 13.8. The first-order valence-electron chi connectivity index (χ1n) is 17.9. The van der Waals surface area contributed by atoms with Crippen LogP contribution in [-0.4, -0.2) is 4.98 Å². The van der Waals surface area contributed by atoms with Crippen molar-refractivity contribution in [3.63, 3.8) is 0 Å². The summed E-state index contributed by atoms with van der Waals surface area (Å²) in [5.74, 6) is 0. The Morgan fingerprint density at radius 1 is 0.423 bits per heavy atom. The lowest BCUT2D eigenvalue weighted by molar-refractivity contribution is 0.784. The van der Waals surface area contributed by atoms with Gasteiger partial charge in [0.05, 0.1) is 15.6 Å². The first-order valence-corrected chi connectivity index (χ1v) is 18.7. The van der Waals surface area contributed by atoms with Gasteiger partial charge in [0.25, 0.3) is 0 Å². The van der Waals surface area contributed by atoms with E-state index in [0.717, 1.165) is 16.1 Å². The van der Waals surface area contributed by atoms with Crippen LogP contribution in [0.1, 0.15) is 22.3 Å². The normalized spacial score (nSPS) is 15.0. The maximum Gasteiger partial charge on any atom is 0.124 e. The van der Waals surface area contributed by atoms with Crippen molar-refractivity contribution in [2.45, 2.75) is 5.41 Å². The van der Waals surface area contributed by atoms with Crippen molar-refractivity contribution in [1.82, 2.24) is 4.98 Å². The number of fused-ring (bicyclic) bond motifs is 7. The highest BCUT2D eigenvalue weighted by molar-refractivity contribution is 7.21. The minimum absolute atomic E-state index is 0.601. The molecule has 0 spiro atoms. The Labute approximate surface area is 306 Å². The standard InChI is InChI=1S/C50H31NS/c1-2-17-34(18-3-1)50(43-26-11-10-20-36(43)37-30-29-33(31-44(37)50)49-51-45-27-12-13-28-46(45)52-49)48-41-23-8-6-21-39(41)47(40-22-7-9-24-42(40)48)38-25-14-16-32-15-4-5-19-35(32)38/h1-31H. The Kier molecular flexibility index (Phi) is 6.40. The number of rotatable bonds is 4. The number of thiazole rings is 1. The van der Waals surface area contributed by atoms with Crippen molar-refractivity contribution in [3.8, 4) is 32.8 Å². The molecule has 10 aromatic rings. The van der Waals surface area contributed by atoms with Gasteiger partial charge in [-0.25, -0.2) is 4.98 Å². The molecular formula is C50H31NS. The van der Waals surface area contributed by atoms with E-state index in [9.17, 15) is 0 Å². The van der Waals surface area contributed by atoms with Gasteiger partial charge < -0.3 is 0 Å². The third-order valence-corrected chi connectivity index (χ3v) is 12.2. The molecule has 11 rings (SSSR count). The molecule has 1 aliphatic carbocycles. The number of hydrogen-bond donors (Lipinski definition) is 0. The van der Waals surface area contributed by atoms with E-state index in [4.69, 9.17) is 4.98 Å². The molecule has 1 nitrogen and oxygen atoms in total. The summed E-state index contributed by atoms with van der Waals surface area (Å²) in [6, 6.07) is 69.5. The third kappa shape index (κ3) is 4.07. The molecule has 1 atom stereocenters. The molecule has 2 heteroatoms. The Morgan fingerprint density at radius 3 is 1.81 bits per heavy atom. The van der Waals surface area contributed by atoms with Gasteiger partial charge in [-0.05, 0) is 95.0 Å². The number of nitrogens with zero attached hydrogens (tertiary/aromatic N) is 1. The van der Waals surface area contributed by atoms with Crippen molar-refractivity contribution >= 4 is 53.9 Å². The van der Waals surface area contributed by atoms with Crippen LogP contribution >= 0.6 is 11.3 Å². The highest BCUT2D eigenvalue weighted by atomic mass is 32.1. The molecule has 242 valence electrons. The molecule has 1 aromatic heterocycles. The maximum atomic E-state index is 5.14. The van der Waals surface area contributed by atoms with E-state index in [1.54, 1.807) is 11.3 Å². The summed E-state index contributed by atoms with van der Waals surface area (Å²) >= 11 is 1.77. The SMILES string of the molecule is c1ccc(C2(c3c4ccccc4c(-c4cccc5ccccc45)c4ccccc34)c3ccccc3-c3ccc(-c4nc5ccccc5s4)cc32)cc1. The largest absolute Gasteiger partial charge is 0.236 e. The topological polar surface area (TPSA) is 12.9 Å². The average molecular weight is 678 g/mol. The summed E-state index contributed by atoms with van der Waals surface area (Å²) < 4.78 is 1.21. The van der Waals surface area contributed by atoms with Crippen LogP contribution in [0.4, 0.5) is 0 Å². The number of benzene rings is 9. The second-order valence-corrected chi connectivity index (χ2v) is 14.8. The first kappa shape index (κ1) is 29.4. The molecular weight excluding hydrogens is 647 g/mol. The maximum absolute atomic E-state index is 5.14. The number of para-hydroxylation sites is 1. The molecule has 0 N–H and O–H groups in total. The van der Waals surface area contributed by atoms with Gasteiger partial charge in [0.1, 0.15) is 5.01 Å². The summed E-state index contributed by atoms with van der Waals surface area (Å²) in [6.07, 6.45) is 0. The van der Waals surface area contributed by atoms with Gasteiger partial charge in [0.2, 0.25) is 0 Å². The quantitative estimate of drug-likeness (QED) is 0.169. The van der Waals surface area contributed by atoms with Gasteiger partial charge in [0.15, 0.2) is 0 Å². The van der Waals surface area contributed by atoms with Gasteiger partial charge in [-0.1, -0.05) is 170 Å². The molecule has 0 saturated carbocycles. The van der Waals surface area contributed by atoms with E-state index >= 15 is 0 Å².